The summed E-state index contributed by atoms with van der Waals surface area (Å²) in [5, 5.41) is 0. The van der Waals surface area contributed by atoms with Crippen molar-refractivity contribution in [3.05, 3.63) is 35.4 Å². The van der Waals surface area contributed by atoms with Gasteiger partial charge >= 0.3 is 0 Å². The summed E-state index contributed by atoms with van der Waals surface area (Å²) in [6.07, 6.45) is 1.50. The second-order valence-electron chi connectivity index (χ2n) is 3.93. The maximum atomic E-state index is 11.6. The van der Waals surface area contributed by atoms with E-state index in [0.717, 1.165) is 17.5 Å². The Labute approximate surface area is 115 Å². The number of fused-ring (bicyclic) bond motifs is 1. The summed E-state index contributed by atoms with van der Waals surface area (Å²) in [4.78, 5) is 0. The quantitative estimate of drug-likeness (QED) is 0.465. The minimum Gasteiger partial charge on any atom is -0.366 e. The van der Waals surface area contributed by atoms with E-state index in [0.29, 0.717) is 6.42 Å². The Morgan fingerprint density at radius 3 is 2.82 bits per heavy atom. The number of rotatable bonds is 4. The van der Waals surface area contributed by atoms with E-state index in [2.05, 4.69) is 27.3 Å². The zero-order valence-corrected chi connectivity index (χ0v) is 12.3. The van der Waals surface area contributed by atoms with E-state index >= 15 is 0 Å². The van der Waals surface area contributed by atoms with Gasteiger partial charge in [-0.25, -0.2) is 4.18 Å². The molecule has 17 heavy (non-hydrogen) atoms. The molecule has 0 heterocycles. The van der Waals surface area contributed by atoms with Crippen molar-refractivity contribution in [1.29, 1.82) is 0 Å². The molecule has 94 valence electrons. The van der Waals surface area contributed by atoms with Crippen molar-refractivity contribution in [3.8, 4) is 0 Å². The lowest BCUT2D eigenvalue weighted by atomic mass is 10.1. The summed E-state index contributed by atoms with van der Waals surface area (Å²) in [5.41, 5.74) is 2.09. The fourth-order valence-electron chi connectivity index (χ4n) is 1.99. The average Bonchev–Trinajstić information content (AvgIpc) is 2.56. The maximum absolute atomic E-state index is 11.6. The molecule has 1 atom stereocenters. The van der Waals surface area contributed by atoms with Crippen LogP contribution >= 0.6 is 22.6 Å². The first-order valence-electron chi connectivity index (χ1n) is 5.16. The van der Waals surface area contributed by atoms with Gasteiger partial charge in [0.05, 0.1) is 0 Å². The van der Waals surface area contributed by atoms with Crippen molar-refractivity contribution in [2.75, 3.05) is 13.0 Å². The molecule has 1 aliphatic carbocycles. The zero-order valence-electron chi connectivity index (χ0n) is 9.35. The van der Waals surface area contributed by atoms with Gasteiger partial charge in [0.15, 0.2) is 9.55 Å². The minimum atomic E-state index is -3.65. The van der Waals surface area contributed by atoms with Gasteiger partial charge in [0, 0.05) is 7.11 Å². The molecule has 6 heteroatoms. The maximum Gasteiger partial charge on any atom is 0.293 e. The van der Waals surface area contributed by atoms with Gasteiger partial charge in [-0.15, -0.1) is 0 Å². The van der Waals surface area contributed by atoms with Crippen LogP contribution in [0.2, 0.25) is 0 Å². The van der Waals surface area contributed by atoms with Gasteiger partial charge in [-0.2, -0.15) is 8.42 Å². The molecule has 1 aromatic rings. The van der Waals surface area contributed by atoms with Crippen LogP contribution in [-0.4, -0.2) is 21.5 Å². The molecular formula is C11H13IO4S. The van der Waals surface area contributed by atoms with Gasteiger partial charge in [-0.3, -0.25) is 0 Å². The van der Waals surface area contributed by atoms with E-state index in [1.54, 1.807) is 0 Å². The van der Waals surface area contributed by atoms with Crippen LogP contribution in [0.25, 0.3) is 0 Å². The standard InChI is InChI=1S/C11H13IO4S/c1-15-8-17(13,14)16-11(12)7-6-9-4-2-3-5-10(9)11/h2-5H,6-8H2,1H3. The number of aryl methyl sites for hydroxylation is 1. The Morgan fingerprint density at radius 2 is 2.12 bits per heavy atom. The molecule has 0 saturated carbocycles. The molecule has 1 unspecified atom stereocenters. The molecule has 1 aromatic carbocycles. The predicted octanol–water partition coefficient (Wildman–Crippen LogP) is 2.17. The molecule has 0 radical (unpaired) electrons. The van der Waals surface area contributed by atoms with Gasteiger partial charge in [0.2, 0.25) is 0 Å². The lowest BCUT2D eigenvalue weighted by molar-refractivity contribution is 0.170. The summed E-state index contributed by atoms with van der Waals surface area (Å²) >= 11 is 2.06. The van der Waals surface area contributed by atoms with Crippen molar-refractivity contribution in [3.63, 3.8) is 0 Å². The molecular weight excluding hydrogens is 355 g/mol. The summed E-state index contributed by atoms with van der Waals surface area (Å²) in [5.74, 6) is -0.417. The minimum absolute atomic E-state index is 0.417. The Hall–Kier alpha value is -0.180. The smallest absolute Gasteiger partial charge is 0.293 e. The van der Waals surface area contributed by atoms with Gasteiger partial charge in [-0.1, -0.05) is 24.3 Å². The van der Waals surface area contributed by atoms with Crippen LogP contribution < -0.4 is 0 Å². The van der Waals surface area contributed by atoms with E-state index in [-0.39, 0.29) is 0 Å². The van der Waals surface area contributed by atoms with Crippen molar-refractivity contribution in [2.24, 2.45) is 0 Å². The van der Waals surface area contributed by atoms with Crippen LogP contribution in [0.5, 0.6) is 0 Å². The summed E-state index contributed by atoms with van der Waals surface area (Å²) in [6, 6.07) is 7.76. The van der Waals surface area contributed by atoms with Gasteiger partial charge < -0.3 is 4.74 Å². The first-order valence-corrected chi connectivity index (χ1v) is 7.82. The van der Waals surface area contributed by atoms with Crippen molar-refractivity contribution < 1.29 is 17.3 Å². The highest BCUT2D eigenvalue weighted by atomic mass is 127. The molecule has 0 amide bonds. The first kappa shape index (κ1) is 13.3. The third kappa shape index (κ3) is 2.81. The second kappa shape index (κ2) is 4.83. The van der Waals surface area contributed by atoms with E-state index in [9.17, 15) is 8.42 Å². The van der Waals surface area contributed by atoms with Crippen LogP contribution in [0.1, 0.15) is 17.5 Å². The third-order valence-corrected chi connectivity index (χ3v) is 5.36. The number of hydrogen-bond donors (Lipinski definition) is 0. The SMILES string of the molecule is COCS(=O)(=O)OC1(I)CCc2ccccc21. The summed E-state index contributed by atoms with van der Waals surface area (Å²) in [6.45, 7) is 0. The summed E-state index contributed by atoms with van der Waals surface area (Å²) in [7, 11) is -2.31. The van der Waals surface area contributed by atoms with Crippen molar-refractivity contribution in [2.45, 2.75) is 16.4 Å². The normalized spacial score (nSPS) is 23.6. The lowest BCUT2D eigenvalue weighted by Gasteiger charge is -2.22. The number of ether oxygens (including phenoxy) is 1. The summed E-state index contributed by atoms with van der Waals surface area (Å²) < 4.78 is 32.4. The number of methoxy groups -OCH3 is 1. The topological polar surface area (TPSA) is 52.6 Å². The highest BCUT2D eigenvalue weighted by Gasteiger charge is 2.41. The third-order valence-electron chi connectivity index (χ3n) is 2.66. The van der Waals surface area contributed by atoms with Gasteiger partial charge in [0.25, 0.3) is 10.1 Å². The Balaban J connectivity index is 2.28. The van der Waals surface area contributed by atoms with E-state index < -0.39 is 19.7 Å². The molecule has 1 aliphatic rings. The molecule has 0 spiro atoms. The predicted molar refractivity (Wildman–Crippen MR) is 72.3 cm³/mol. The van der Waals surface area contributed by atoms with Crippen LogP contribution in [0.15, 0.2) is 24.3 Å². The molecule has 2 rings (SSSR count). The zero-order chi connectivity index (χ0) is 12.5. The molecule has 0 saturated heterocycles. The van der Waals surface area contributed by atoms with E-state index in [1.165, 1.54) is 7.11 Å². The molecule has 0 bridgehead atoms. The Bertz CT molecular complexity index is 514. The Morgan fingerprint density at radius 1 is 1.41 bits per heavy atom. The van der Waals surface area contributed by atoms with E-state index in [4.69, 9.17) is 4.18 Å². The fraction of sp³-hybridized carbons (Fsp3) is 0.455. The average molecular weight is 368 g/mol. The number of alkyl halides is 1. The van der Waals surface area contributed by atoms with Crippen molar-refractivity contribution in [1.82, 2.24) is 0 Å². The largest absolute Gasteiger partial charge is 0.366 e. The van der Waals surface area contributed by atoms with Gasteiger partial charge in [-0.05, 0) is 46.6 Å². The number of halogens is 1. The number of benzene rings is 1. The fourth-order valence-corrected chi connectivity index (χ4v) is 4.52. The highest BCUT2D eigenvalue weighted by Crippen LogP contribution is 2.46. The molecule has 0 aromatic heterocycles. The molecule has 0 fully saturated rings. The molecule has 4 nitrogen and oxygen atoms in total. The first-order chi connectivity index (χ1) is 7.97. The monoisotopic (exact) mass is 368 g/mol. The molecule has 0 N–H and O–H groups in total. The lowest BCUT2D eigenvalue weighted by Crippen LogP contribution is -2.25. The number of hydrogen-bond acceptors (Lipinski definition) is 4. The van der Waals surface area contributed by atoms with E-state index in [1.807, 2.05) is 24.3 Å². The van der Waals surface area contributed by atoms with Crippen LogP contribution in [0.3, 0.4) is 0 Å². The van der Waals surface area contributed by atoms with Gasteiger partial charge in [0.1, 0.15) is 0 Å². The molecule has 0 aliphatic heterocycles. The van der Waals surface area contributed by atoms with Crippen LogP contribution in [-0.2, 0) is 29.1 Å². The highest BCUT2D eigenvalue weighted by molar-refractivity contribution is 14.1. The van der Waals surface area contributed by atoms with Crippen LogP contribution in [0.4, 0.5) is 0 Å². The van der Waals surface area contributed by atoms with Crippen molar-refractivity contribution >= 4 is 32.7 Å². The second-order valence-corrected chi connectivity index (χ2v) is 7.19. The Kier molecular flexibility index (Phi) is 3.77. The van der Waals surface area contributed by atoms with Crippen LogP contribution in [0, 0.1) is 0 Å².